The zero-order chi connectivity index (χ0) is 24.0. The van der Waals surface area contributed by atoms with E-state index in [0.717, 1.165) is 48.1 Å². The second-order valence-electron chi connectivity index (χ2n) is 9.63. The molecule has 34 heavy (non-hydrogen) atoms. The predicted molar refractivity (Wildman–Crippen MR) is 139 cm³/mol. The lowest BCUT2D eigenvalue weighted by molar-refractivity contribution is 0.288. The number of unbranched alkanes of at least 4 members (excludes halogenated alkanes) is 11. The molecule has 3 nitrogen and oxygen atoms in total. The molecule has 0 unspecified atom stereocenters. The van der Waals surface area contributed by atoms with Crippen LogP contribution in [0.25, 0.3) is 11.1 Å². The minimum atomic E-state index is -0.200. The van der Waals surface area contributed by atoms with Gasteiger partial charge in [-0.1, -0.05) is 90.5 Å². The summed E-state index contributed by atoms with van der Waals surface area (Å²) in [6.07, 6.45) is 17.4. The van der Waals surface area contributed by atoms with E-state index in [0.29, 0.717) is 31.3 Å². The Bertz CT molecular complexity index is 867. The molecular formula is C30H44FNO2. The van der Waals surface area contributed by atoms with Gasteiger partial charge in [0.05, 0.1) is 18.9 Å². The second-order valence-corrected chi connectivity index (χ2v) is 9.63. The van der Waals surface area contributed by atoms with Crippen molar-refractivity contribution in [1.82, 2.24) is 4.98 Å². The van der Waals surface area contributed by atoms with Gasteiger partial charge in [-0.25, -0.2) is 9.37 Å². The van der Waals surface area contributed by atoms with Gasteiger partial charge in [0, 0.05) is 11.6 Å². The highest BCUT2D eigenvalue weighted by Crippen LogP contribution is 2.38. The van der Waals surface area contributed by atoms with E-state index in [-0.39, 0.29) is 5.82 Å². The third-order valence-corrected chi connectivity index (χ3v) is 6.81. The number of benzene rings is 1. The van der Waals surface area contributed by atoms with Crippen LogP contribution in [0.5, 0.6) is 11.6 Å². The van der Waals surface area contributed by atoms with Crippen LogP contribution in [-0.4, -0.2) is 18.2 Å². The SMILES string of the molecule is CCCCCCCCCOc1ccc2c(c1F)CCc1nc(OCCCCCCCC)ccc1-2. The summed E-state index contributed by atoms with van der Waals surface area (Å²) in [6, 6.07) is 7.74. The average Bonchev–Trinajstić information content (AvgIpc) is 2.86. The quantitative estimate of drug-likeness (QED) is 0.217. The molecule has 3 rings (SSSR count). The van der Waals surface area contributed by atoms with Gasteiger partial charge in [0.15, 0.2) is 11.6 Å². The summed E-state index contributed by atoms with van der Waals surface area (Å²) in [5.74, 6) is 0.875. The van der Waals surface area contributed by atoms with Crippen molar-refractivity contribution >= 4 is 0 Å². The van der Waals surface area contributed by atoms with E-state index in [1.165, 1.54) is 64.2 Å². The van der Waals surface area contributed by atoms with Crippen LogP contribution in [-0.2, 0) is 12.8 Å². The molecule has 0 fully saturated rings. The van der Waals surface area contributed by atoms with Crippen LogP contribution in [0.3, 0.4) is 0 Å². The first-order valence-corrected chi connectivity index (χ1v) is 13.8. The Labute approximate surface area is 206 Å². The summed E-state index contributed by atoms with van der Waals surface area (Å²) >= 11 is 0. The fourth-order valence-electron chi connectivity index (χ4n) is 4.75. The number of hydrogen-bond donors (Lipinski definition) is 0. The van der Waals surface area contributed by atoms with E-state index in [9.17, 15) is 0 Å². The van der Waals surface area contributed by atoms with Crippen molar-refractivity contribution in [3.63, 3.8) is 0 Å². The largest absolute Gasteiger partial charge is 0.491 e. The number of rotatable bonds is 17. The monoisotopic (exact) mass is 469 g/mol. The lowest BCUT2D eigenvalue weighted by atomic mass is 9.88. The number of ether oxygens (including phenoxy) is 2. The van der Waals surface area contributed by atoms with Crippen LogP contribution in [0, 0.1) is 5.82 Å². The molecule has 1 aliphatic rings. The zero-order valence-electron chi connectivity index (χ0n) is 21.5. The van der Waals surface area contributed by atoms with Crippen LogP contribution in [0.2, 0.25) is 0 Å². The van der Waals surface area contributed by atoms with Crippen molar-refractivity contribution < 1.29 is 13.9 Å². The fraction of sp³-hybridized carbons (Fsp3) is 0.633. The maximum Gasteiger partial charge on any atom is 0.213 e. The van der Waals surface area contributed by atoms with Gasteiger partial charge in [0.25, 0.3) is 0 Å². The van der Waals surface area contributed by atoms with E-state index in [1.807, 2.05) is 18.2 Å². The molecule has 0 saturated heterocycles. The maximum atomic E-state index is 15.2. The van der Waals surface area contributed by atoms with E-state index in [1.54, 1.807) is 6.07 Å². The Kier molecular flexibility index (Phi) is 11.7. The van der Waals surface area contributed by atoms with Gasteiger partial charge in [0.1, 0.15) is 0 Å². The van der Waals surface area contributed by atoms with Crippen molar-refractivity contribution in [3.05, 3.63) is 41.3 Å². The highest BCUT2D eigenvalue weighted by Gasteiger charge is 2.23. The third kappa shape index (κ3) is 7.99. The predicted octanol–water partition coefficient (Wildman–Crippen LogP) is 8.86. The standard InChI is InChI=1S/C30H44FNO2/c1-3-5-7-9-11-13-14-22-33-28-20-17-24-25-18-21-29(34-23-15-12-10-8-6-4-2)32-27(25)19-16-26(24)30(28)31/h17-18,20-21H,3-16,19,22-23H2,1-2H3. The summed E-state index contributed by atoms with van der Waals surface area (Å²) in [7, 11) is 0. The van der Waals surface area contributed by atoms with Crippen LogP contribution >= 0.6 is 0 Å². The smallest absolute Gasteiger partial charge is 0.213 e. The highest BCUT2D eigenvalue weighted by atomic mass is 19.1. The fourth-order valence-corrected chi connectivity index (χ4v) is 4.75. The Hall–Kier alpha value is -2.10. The van der Waals surface area contributed by atoms with Gasteiger partial charge in [-0.2, -0.15) is 0 Å². The van der Waals surface area contributed by atoms with Crippen molar-refractivity contribution in [1.29, 1.82) is 0 Å². The van der Waals surface area contributed by atoms with Crippen LogP contribution in [0.15, 0.2) is 24.3 Å². The molecule has 0 spiro atoms. The van der Waals surface area contributed by atoms with Crippen molar-refractivity contribution in [2.24, 2.45) is 0 Å². The minimum Gasteiger partial charge on any atom is -0.491 e. The third-order valence-electron chi connectivity index (χ3n) is 6.81. The number of pyridine rings is 1. The molecule has 0 saturated carbocycles. The van der Waals surface area contributed by atoms with E-state index in [4.69, 9.17) is 14.5 Å². The summed E-state index contributed by atoms with van der Waals surface area (Å²) in [5.41, 5.74) is 3.72. The number of nitrogens with zero attached hydrogens (tertiary/aromatic N) is 1. The van der Waals surface area contributed by atoms with E-state index >= 15 is 4.39 Å². The van der Waals surface area contributed by atoms with Crippen LogP contribution in [0.4, 0.5) is 4.39 Å². The van der Waals surface area contributed by atoms with Crippen molar-refractivity contribution in [2.75, 3.05) is 13.2 Å². The highest BCUT2D eigenvalue weighted by molar-refractivity contribution is 5.73. The van der Waals surface area contributed by atoms with E-state index < -0.39 is 0 Å². The first-order valence-electron chi connectivity index (χ1n) is 13.8. The van der Waals surface area contributed by atoms with Crippen molar-refractivity contribution in [3.8, 4) is 22.8 Å². The Morgan fingerprint density at radius 2 is 1.26 bits per heavy atom. The molecular weight excluding hydrogens is 425 g/mol. The Morgan fingerprint density at radius 3 is 1.94 bits per heavy atom. The zero-order valence-corrected chi connectivity index (χ0v) is 21.5. The van der Waals surface area contributed by atoms with E-state index in [2.05, 4.69) is 13.8 Å². The molecule has 188 valence electrons. The van der Waals surface area contributed by atoms with Crippen molar-refractivity contribution in [2.45, 2.75) is 110 Å². The molecule has 0 aliphatic heterocycles. The summed E-state index contributed by atoms with van der Waals surface area (Å²) in [5, 5.41) is 0. The molecule has 1 aromatic carbocycles. The topological polar surface area (TPSA) is 31.4 Å². The molecule has 0 atom stereocenters. The lowest BCUT2D eigenvalue weighted by Gasteiger charge is -2.21. The summed E-state index contributed by atoms with van der Waals surface area (Å²) in [4.78, 5) is 4.73. The first-order chi connectivity index (χ1) is 16.7. The second kappa shape index (κ2) is 15.0. The molecule has 2 aromatic rings. The molecule has 0 N–H and O–H groups in total. The molecule has 1 aromatic heterocycles. The number of fused-ring (bicyclic) bond motifs is 3. The van der Waals surface area contributed by atoms with Gasteiger partial charge in [-0.05, 0) is 48.9 Å². The molecule has 4 heteroatoms. The first kappa shape index (κ1) is 26.5. The molecule has 0 bridgehead atoms. The number of aromatic nitrogens is 1. The summed E-state index contributed by atoms with van der Waals surface area (Å²) in [6.45, 7) is 5.77. The molecule has 1 heterocycles. The Morgan fingerprint density at radius 1 is 0.676 bits per heavy atom. The number of hydrogen-bond acceptors (Lipinski definition) is 3. The molecule has 0 radical (unpaired) electrons. The number of aryl methyl sites for hydroxylation is 1. The van der Waals surface area contributed by atoms with Gasteiger partial charge in [-0.15, -0.1) is 0 Å². The number of halogens is 1. The van der Waals surface area contributed by atoms with Gasteiger partial charge >= 0.3 is 0 Å². The molecule has 1 aliphatic carbocycles. The van der Waals surface area contributed by atoms with Gasteiger partial charge < -0.3 is 9.47 Å². The molecule has 0 amide bonds. The Balaban J connectivity index is 1.48. The lowest BCUT2D eigenvalue weighted by Crippen LogP contribution is -2.11. The summed E-state index contributed by atoms with van der Waals surface area (Å²) < 4.78 is 26.9. The maximum absolute atomic E-state index is 15.2. The average molecular weight is 470 g/mol. The van der Waals surface area contributed by atoms with Gasteiger partial charge in [-0.3, -0.25) is 0 Å². The van der Waals surface area contributed by atoms with Crippen LogP contribution in [0.1, 0.15) is 109 Å². The normalized spacial score (nSPS) is 12.3. The minimum absolute atomic E-state index is 0.200. The van der Waals surface area contributed by atoms with Crippen LogP contribution < -0.4 is 9.47 Å². The van der Waals surface area contributed by atoms with Gasteiger partial charge in [0.2, 0.25) is 5.88 Å².